The van der Waals surface area contributed by atoms with Crippen LogP contribution in [0.25, 0.3) is 10.9 Å². The van der Waals surface area contributed by atoms with E-state index in [0.717, 1.165) is 33.1 Å². The van der Waals surface area contributed by atoms with E-state index in [1.54, 1.807) is 12.1 Å². The van der Waals surface area contributed by atoms with Crippen molar-refractivity contribution in [3.05, 3.63) is 68.7 Å². The smallest absolute Gasteiger partial charge is 0.325 e. The molecular formula is C21H20BrN3O3. The Kier molecular flexibility index (Phi) is 4.17. The number of aromatic nitrogens is 2. The lowest BCUT2D eigenvalue weighted by molar-refractivity contribution is -0.144. The molecule has 1 fully saturated rings. The Balaban J connectivity index is 1.54. The molecule has 2 aromatic heterocycles. The highest BCUT2D eigenvalue weighted by molar-refractivity contribution is 9.10. The van der Waals surface area contributed by atoms with E-state index in [1.807, 2.05) is 35.0 Å². The molecule has 2 bridgehead atoms. The summed E-state index contributed by atoms with van der Waals surface area (Å²) in [7, 11) is 0. The third kappa shape index (κ3) is 2.81. The normalized spacial score (nSPS) is 22.8. The molecule has 28 heavy (non-hydrogen) atoms. The van der Waals surface area contributed by atoms with Gasteiger partial charge >= 0.3 is 5.97 Å². The van der Waals surface area contributed by atoms with Crippen molar-refractivity contribution in [2.24, 2.45) is 5.92 Å². The first-order valence-electron chi connectivity index (χ1n) is 9.44. The Bertz CT molecular complexity index is 1140. The molecule has 0 amide bonds. The largest absolute Gasteiger partial charge is 0.480 e. The number of hydrogen-bond acceptors (Lipinski definition) is 3. The summed E-state index contributed by atoms with van der Waals surface area (Å²) in [6.07, 6.45) is 2.83. The van der Waals surface area contributed by atoms with Crippen LogP contribution in [0.4, 0.5) is 0 Å². The molecule has 1 aromatic carbocycles. The molecule has 0 aliphatic carbocycles. The maximum atomic E-state index is 12.3. The summed E-state index contributed by atoms with van der Waals surface area (Å²) in [5.74, 6) is -0.371. The Morgan fingerprint density at radius 2 is 2.07 bits per heavy atom. The number of aromatic amines is 1. The second-order valence-corrected chi connectivity index (χ2v) is 8.74. The molecule has 4 heterocycles. The van der Waals surface area contributed by atoms with Gasteiger partial charge in [0, 0.05) is 64.4 Å². The van der Waals surface area contributed by atoms with Crippen LogP contribution < -0.4 is 5.56 Å². The number of likely N-dealkylation sites (tertiary alicyclic amines) is 1. The quantitative estimate of drug-likeness (QED) is 0.653. The van der Waals surface area contributed by atoms with Crippen LogP contribution >= 0.6 is 15.9 Å². The Labute approximate surface area is 169 Å². The van der Waals surface area contributed by atoms with Gasteiger partial charge in [0.2, 0.25) is 0 Å². The fourth-order valence-electron chi connectivity index (χ4n) is 4.98. The highest BCUT2D eigenvalue weighted by Gasteiger charge is 2.40. The molecule has 2 N–H and O–H groups in total. The van der Waals surface area contributed by atoms with Crippen molar-refractivity contribution < 1.29 is 9.90 Å². The van der Waals surface area contributed by atoms with E-state index in [0.29, 0.717) is 19.6 Å². The Morgan fingerprint density at radius 1 is 1.21 bits per heavy atom. The molecule has 5 rings (SSSR count). The number of H-pyrrole nitrogens is 1. The standard InChI is InChI=1S/C21H20BrN3O3/c22-14-4-5-15-16(8-23-17(15)7-14)20(21(27)28)24-9-12-6-13(11-24)18-2-1-3-19(26)25(18)10-12/h1-5,7-8,12-13,20,23H,6,9-11H2,(H,27,28)/t12-,13-,20?/m1/s1. The molecule has 0 radical (unpaired) electrons. The maximum absolute atomic E-state index is 12.3. The summed E-state index contributed by atoms with van der Waals surface area (Å²) in [6.45, 7) is 1.98. The molecule has 0 spiro atoms. The molecule has 144 valence electrons. The van der Waals surface area contributed by atoms with Crippen molar-refractivity contribution in [2.75, 3.05) is 13.1 Å². The van der Waals surface area contributed by atoms with E-state index >= 15 is 0 Å². The van der Waals surface area contributed by atoms with Crippen molar-refractivity contribution in [3.8, 4) is 0 Å². The number of halogens is 1. The molecule has 2 aliphatic heterocycles. The van der Waals surface area contributed by atoms with Crippen molar-refractivity contribution in [2.45, 2.75) is 24.9 Å². The average molecular weight is 442 g/mol. The highest BCUT2D eigenvalue weighted by Crippen LogP contribution is 2.39. The molecule has 7 heteroatoms. The zero-order valence-corrected chi connectivity index (χ0v) is 16.7. The van der Waals surface area contributed by atoms with Crippen LogP contribution in [0, 0.1) is 5.92 Å². The van der Waals surface area contributed by atoms with E-state index in [4.69, 9.17) is 0 Å². The van der Waals surface area contributed by atoms with Gasteiger partial charge in [-0.25, -0.2) is 0 Å². The summed E-state index contributed by atoms with van der Waals surface area (Å²) < 4.78 is 2.82. The van der Waals surface area contributed by atoms with Gasteiger partial charge in [0.15, 0.2) is 0 Å². The minimum Gasteiger partial charge on any atom is -0.480 e. The number of carbonyl (C=O) groups is 1. The Morgan fingerprint density at radius 3 is 2.89 bits per heavy atom. The summed E-state index contributed by atoms with van der Waals surface area (Å²) in [6, 6.07) is 10.6. The third-order valence-corrected chi connectivity index (χ3v) is 6.57. The fraction of sp³-hybridized carbons (Fsp3) is 0.333. The number of benzene rings is 1. The van der Waals surface area contributed by atoms with Gasteiger partial charge in [0.05, 0.1) is 0 Å². The van der Waals surface area contributed by atoms with Crippen LogP contribution in [0.15, 0.2) is 51.9 Å². The maximum Gasteiger partial charge on any atom is 0.325 e. The SMILES string of the molecule is O=C(O)C(c1c[nH]c2cc(Br)ccc12)N1C[C@H]2C[C@H](C1)c1cccc(=O)n1C2. The Hall–Kier alpha value is -2.38. The monoisotopic (exact) mass is 441 g/mol. The highest BCUT2D eigenvalue weighted by atomic mass is 79.9. The van der Waals surface area contributed by atoms with Crippen LogP contribution in [0.3, 0.4) is 0 Å². The summed E-state index contributed by atoms with van der Waals surface area (Å²) in [5, 5.41) is 11.0. The van der Waals surface area contributed by atoms with Gasteiger partial charge in [-0.3, -0.25) is 14.5 Å². The molecule has 1 saturated heterocycles. The molecule has 2 aliphatic rings. The lowest BCUT2D eigenvalue weighted by Crippen LogP contribution is -2.49. The van der Waals surface area contributed by atoms with E-state index in [1.165, 1.54) is 0 Å². The van der Waals surface area contributed by atoms with Crippen LogP contribution in [0.1, 0.15) is 29.6 Å². The number of hydrogen-bond donors (Lipinski definition) is 2. The van der Waals surface area contributed by atoms with Gasteiger partial charge in [-0.1, -0.05) is 28.1 Å². The first-order chi connectivity index (χ1) is 13.5. The lowest BCUT2D eigenvalue weighted by atomic mass is 9.82. The average Bonchev–Trinajstić information content (AvgIpc) is 3.05. The molecular weight excluding hydrogens is 422 g/mol. The summed E-state index contributed by atoms with van der Waals surface area (Å²) in [5.41, 5.74) is 2.78. The predicted octanol–water partition coefficient (Wildman–Crippen LogP) is 3.34. The van der Waals surface area contributed by atoms with E-state index < -0.39 is 12.0 Å². The van der Waals surface area contributed by atoms with Gasteiger partial charge in [-0.2, -0.15) is 0 Å². The minimum absolute atomic E-state index is 0.0395. The zero-order valence-electron chi connectivity index (χ0n) is 15.1. The minimum atomic E-state index is -0.839. The van der Waals surface area contributed by atoms with Gasteiger partial charge in [0.1, 0.15) is 6.04 Å². The summed E-state index contributed by atoms with van der Waals surface area (Å²) >= 11 is 3.46. The van der Waals surface area contributed by atoms with Crippen LogP contribution in [0.2, 0.25) is 0 Å². The zero-order chi connectivity index (χ0) is 19.4. The number of carboxylic acid groups (broad SMARTS) is 1. The predicted molar refractivity (Wildman–Crippen MR) is 109 cm³/mol. The van der Waals surface area contributed by atoms with Crippen molar-refractivity contribution in [1.29, 1.82) is 0 Å². The van der Waals surface area contributed by atoms with Gasteiger partial charge in [-0.05, 0) is 30.5 Å². The number of pyridine rings is 1. The molecule has 3 aromatic rings. The van der Waals surface area contributed by atoms with E-state index in [2.05, 4.69) is 25.8 Å². The van der Waals surface area contributed by atoms with E-state index in [9.17, 15) is 14.7 Å². The molecule has 1 unspecified atom stereocenters. The fourth-order valence-corrected chi connectivity index (χ4v) is 5.34. The molecule has 0 saturated carbocycles. The third-order valence-electron chi connectivity index (χ3n) is 6.08. The van der Waals surface area contributed by atoms with Crippen LogP contribution in [0.5, 0.6) is 0 Å². The summed E-state index contributed by atoms with van der Waals surface area (Å²) in [4.78, 5) is 29.8. The number of fused-ring (bicyclic) bond motifs is 5. The number of piperidine rings is 1. The second-order valence-electron chi connectivity index (χ2n) is 7.83. The van der Waals surface area contributed by atoms with Crippen molar-refractivity contribution >= 4 is 32.8 Å². The lowest BCUT2D eigenvalue weighted by Gasteiger charge is -2.44. The van der Waals surface area contributed by atoms with E-state index in [-0.39, 0.29) is 17.4 Å². The number of nitrogens with one attached hydrogen (secondary N) is 1. The van der Waals surface area contributed by atoms with Crippen molar-refractivity contribution in [1.82, 2.24) is 14.5 Å². The molecule has 3 atom stereocenters. The van der Waals surface area contributed by atoms with Gasteiger partial charge < -0.3 is 14.7 Å². The van der Waals surface area contributed by atoms with Crippen molar-refractivity contribution in [3.63, 3.8) is 0 Å². The number of carboxylic acids is 1. The molecule has 6 nitrogen and oxygen atoms in total. The van der Waals surface area contributed by atoms with Gasteiger partial charge in [-0.15, -0.1) is 0 Å². The number of aliphatic carboxylic acids is 1. The topological polar surface area (TPSA) is 78.3 Å². The van der Waals surface area contributed by atoms with Crippen LogP contribution in [-0.4, -0.2) is 38.6 Å². The van der Waals surface area contributed by atoms with Crippen LogP contribution in [-0.2, 0) is 11.3 Å². The second kappa shape index (κ2) is 6.60. The first kappa shape index (κ1) is 17.7. The first-order valence-corrected chi connectivity index (χ1v) is 10.2. The van der Waals surface area contributed by atoms with Gasteiger partial charge in [0.25, 0.3) is 5.56 Å². The number of nitrogens with zero attached hydrogens (tertiary/aromatic N) is 2. The number of rotatable bonds is 3.